The summed E-state index contributed by atoms with van der Waals surface area (Å²) < 4.78 is 12.1. The predicted octanol–water partition coefficient (Wildman–Crippen LogP) is 5.29. The van der Waals surface area contributed by atoms with Gasteiger partial charge in [-0.3, -0.25) is 0 Å². The molecule has 0 radical (unpaired) electrons. The Morgan fingerprint density at radius 1 is 1.25 bits per heavy atom. The van der Waals surface area contributed by atoms with Gasteiger partial charge in [-0.05, 0) is 43.0 Å². The molecule has 0 saturated carbocycles. The number of hydrogen-bond donors (Lipinski definition) is 0. The maximum atomic E-state index is 6.13. The van der Waals surface area contributed by atoms with Crippen LogP contribution in [0, 0.1) is 0 Å². The fourth-order valence-corrected chi connectivity index (χ4v) is 4.08. The second-order valence-electron chi connectivity index (χ2n) is 7.36. The summed E-state index contributed by atoms with van der Waals surface area (Å²) in [6, 6.07) is 12.9. The van der Waals surface area contributed by atoms with E-state index in [9.17, 15) is 0 Å². The molecule has 1 heterocycles. The lowest BCUT2D eigenvalue weighted by molar-refractivity contribution is 0.222. The van der Waals surface area contributed by atoms with Crippen molar-refractivity contribution in [3.8, 4) is 22.6 Å². The Labute approximate surface area is 144 Å². The van der Waals surface area contributed by atoms with Gasteiger partial charge in [-0.1, -0.05) is 36.8 Å². The summed E-state index contributed by atoms with van der Waals surface area (Å²) in [5.74, 6) is 2.03. The lowest BCUT2D eigenvalue weighted by atomic mass is 9.66. The second-order valence-corrected chi connectivity index (χ2v) is 7.36. The van der Waals surface area contributed by atoms with Gasteiger partial charge in [-0.25, -0.2) is 0 Å². The van der Waals surface area contributed by atoms with E-state index in [1.807, 2.05) is 6.92 Å². The Kier molecular flexibility index (Phi) is 3.64. The van der Waals surface area contributed by atoms with E-state index in [1.54, 1.807) is 0 Å². The lowest BCUT2D eigenvalue weighted by Crippen LogP contribution is -2.35. The van der Waals surface area contributed by atoms with Crippen LogP contribution in [0.1, 0.15) is 37.8 Å². The molecule has 0 spiro atoms. The molecule has 0 aromatic heterocycles. The Balaban J connectivity index is 1.82. The molecule has 2 nitrogen and oxygen atoms in total. The third-order valence-electron chi connectivity index (χ3n) is 5.29. The number of rotatable bonds is 4. The molecule has 0 bridgehead atoms. The lowest BCUT2D eigenvalue weighted by Gasteiger charge is -2.41. The Morgan fingerprint density at radius 2 is 2.08 bits per heavy atom. The van der Waals surface area contributed by atoms with E-state index >= 15 is 0 Å². The summed E-state index contributed by atoms with van der Waals surface area (Å²) in [6.45, 7) is 9.85. The van der Waals surface area contributed by atoms with Crippen LogP contribution in [0.2, 0.25) is 0 Å². The average molecular weight is 320 g/mol. The fraction of sp³-hybridized carbons (Fsp3) is 0.364. The Bertz CT molecular complexity index is 806. The van der Waals surface area contributed by atoms with Crippen molar-refractivity contribution in [2.75, 3.05) is 13.2 Å². The van der Waals surface area contributed by atoms with E-state index in [0.29, 0.717) is 6.61 Å². The molecule has 2 aromatic rings. The van der Waals surface area contributed by atoms with Crippen LogP contribution in [-0.2, 0) is 11.8 Å². The maximum Gasteiger partial charge on any atom is 0.127 e. The van der Waals surface area contributed by atoms with Gasteiger partial charge in [-0.2, -0.15) is 0 Å². The van der Waals surface area contributed by atoms with Gasteiger partial charge in [0.15, 0.2) is 0 Å². The highest BCUT2D eigenvalue weighted by atomic mass is 16.5. The largest absolute Gasteiger partial charge is 0.493 e. The molecule has 4 rings (SSSR count). The molecule has 0 saturated heterocycles. The molecule has 24 heavy (non-hydrogen) atoms. The van der Waals surface area contributed by atoms with E-state index in [-0.39, 0.29) is 5.41 Å². The van der Waals surface area contributed by atoms with Gasteiger partial charge in [0.05, 0.1) is 13.2 Å². The normalized spacial score (nSPS) is 20.6. The topological polar surface area (TPSA) is 18.5 Å². The molecule has 0 unspecified atom stereocenters. The van der Waals surface area contributed by atoms with E-state index in [0.717, 1.165) is 42.9 Å². The first-order valence-corrected chi connectivity index (χ1v) is 8.74. The molecular formula is C22H24O2. The van der Waals surface area contributed by atoms with Crippen molar-refractivity contribution in [3.63, 3.8) is 0 Å². The smallest absolute Gasteiger partial charge is 0.127 e. The van der Waals surface area contributed by atoms with Gasteiger partial charge in [0, 0.05) is 23.0 Å². The van der Waals surface area contributed by atoms with Crippen LogP contribution < -0.4 is 9.47 Å². The molecule has 1 atom stereocenters. The quantitative estimate of drug-likeness (QED) is 0.712. The summed E-state index contributed by atoms with van der Waals surface area (Å²) in [5.41, 5.74) is 6.59. The maximum absolute atomic E-state index is 6.13. The fourth-order valence-electron chi connectivity index (χ4n) is 4.08. The predicted molar refractivity (Wildman–Crippen MR) is 98.0 cm³/mol. The molecule has 2 aliphatic rings. The van der Waals surface area contributed by atoms with Crippen molar-refractivity contribution < 1.29 is 9.47 Å². The molecular weight excluding hydrogens is 296 g/mol. The molecule has 0 fully saturated rings. The van der Waals surface area contributed by atoms with Gasteiger partial charge in [-0.15, -0.1) is 6.58 Å². The van der Waals surface area contributed by atoms with Gasteiger partial charge < -0.3 is 9.47 Å². The minimum atomic E-state index is 0.160. The zero-order chi connectivity index (χ0) is 16.7. The number of hydrogen-bond acceptors (Lipinski definition) is 2. The molecule has 1 aliphatic heterocycles. The average Bonchev–Trinajstić information content (AvgIpc) is 2.54. The zero-order valence-corrected chi connectivity index (χ0v) is 14.5. The van der Waals surface area contributed by atoms with Crippen molar-refractivity contribution in [2.24, 2.45) is 0 Å². The Morgan fingerprint density at radius 3 is 2.92 bits per heavy atom. The summed E-state index contributed by atoms with van der Waals surface area (Å²) in [5, 5.41) is 0. The first-order chi connectivity index (χ1) is 11.6. The Hall–Kier alpha value is -2.22. The van der Waals surface area contributed by atoms with Crippen LogP contribution in [0.3, 0.4) is 0 Å². The first-order valence-electron chi connectivity index (χ1n) is 8.74. The van der Waals surface area contributed by atoms with Crippen molar-refractivity contribution >= 4 is 0 Å². The second kappa shape index (κ2) is 5.70. The van der Waals surface area contributed by atoms with Crippen LogP contribution in [0.25, 0.3) is 11.1 Å². The molecule has 124 valence electrons. The standard InChI is InChI=1S/C22H24O2/c1-15(2)10-12-23-18-8-4-6-16-14-22(3)11-13-24-19-9-5-7-17(20(16)18)21(19)22/h4-9H,1,10-14H2,2-3H3/t22-/m0/s1. The van der Waals surface area contributed by atoms with E-state index in [1.165, 1.54) is 22.3 Å². The third kappa shape index (κ3) is 2.41. The van der Waals surface area contributed by atoms with E-state index in [2.05, 4.69) is 49.9 Å². The molecule has 1 aliphatic carbocycles. The van der Waals surface area contributed by atoms with Crippen LogP contribution in [0.4, 0.5) is 0 Å². The summed E-state index contributed by atoms with van der Waals surface area (Å²) in [6.07, 6.45) is 3.00. The van der Waals surface area contributed by atoms with Crippen LogP contribution in [0.5, 0.6) is 11.5 Å². The van der Waals surface area contributed by atoms with Gasteiger partial charge in [0.25, 0.3) is 0 Å². The minimum absolute atomic E-state index is 0.160. The first kappa shape index (κ1) is 15.3. The zero-order valence-electron chi connectivity index (χ0n) is 14.5. The van der Waals surface area contributed by atoms with Crippen molar-refractivity contribution in [1.82, 2.24) is 0 Å². The van der Waals surface area contributed by atoms with Crippen LogP contribution in [-0.4, -0.2) is 13.2 Å². The summed E-state index contributed by atoms with van der Waals surface area (Å²) in [4.78, 5) is 0. The van der Waals surface area contributed by atoms with Crippen molar-refractivity contribution in [2.45, 2.75) is 38.5 Å². The van der Waals surface area contributed by atoms with E-state index in [4.69, 9.17) is 9.47 Å². The van der Waals surface area contributed by atoms with Gasteiger partial charge >= 0.3 is 0 Å². The highest BCUT2D eigenvalue weighted by Crippen LogP contribution is 2.53. The highest BCUT2D eigenvalue weighted by molar-refractivity contribution is 5.82. The van der Waals surface area contributed by atoms with Crippen LogP contribution >= 0.6 is 0 Å². The van der Waals surface area contributed by atoms with Crippen molar-refractivity contribution in [1.29, 1.82) is 0 Å². The van der Waals surface area contributed by atoms with E-state index < -0.39 is 0 Å². The summed E-state index contributed by atoms with van der Waals surface area (Å²) in [7, 11) is 0. The third-order valence-corrected chi connectivity index (χ3v) is 5.29. The molecule has 2 aromatic carbocycles. The SMILES string of the molecule is C=C(C)CCOc1cccc2c1-c1cccc3c1[C@@](C)(CCO3)C2. The monoisotopic (exact) mass is 320 g/mol. The number of ether oxygens (including phenoxy) is 2. The van der Waals surface area contributed by atoms with Crippen LogP contribution in [0.15, 0.2) is 48.6 Å². The molecule has 2 heteroatoms. The number of benzene rings is 2. The van der Waals surface area contributed by atoms with Gasteiger partial charge in [0.2, 0.25) is 0 Å². The molecule has 0 N–H and O–H groups in total. The molecule has 0 amide bonds. The highest BCUT2D eigenvalue weighted by Gasteiger charge is 2.40. The minimum Gasteiger partial charge on any atom is -0.493 e. The summed E-state index contributed by atoms with van der Waals surface area (Å²) >= 11 is 0. The van der Waals surface area contributed by atoms with Crippen molar-refractivity contribution in [3.05, 3.63) is 59.7 Å². The number of fused-ring (bicyclic) bond motifs is 2. The van der Waals surface area contributed by atoms with Gasteiger partial charge in [0.1, 0.15) is 11.5 Å².